The number of nitrogens with two attached hydrogens (primary N) is 1. The Bertz CT molecular complexity index is 1670. The average Bonchev–Trinajstić information content (AvgIpc) is 3.41. The normalized spacial score (nSPS) is 15.1. The molecule has 3 N–H and O–H groups in total. The van der Waals surface area contributed by atoms with Crippen LogP contribution in [0.25, 0.3) is 10.2 Å². The van der Waals surface area contributed by atoms with Crippen molar-refractivity contribution in [1.82, 2.24) is 20.0 Å². The number of imide groups is 1. The third-order valence-corrected chi connectivity index (χ3v) is 8.50. The Morgan fingerprint density at radius 3 is 2.31 bits per heavy atom. The molecular weight excluding hydrogens is 538 g/mol. The van der Waals surface area contributed by atoms with Crippen LogP contribution in [0, 0.1) is 12.8 Å². The van der Waals surface area contributed by atoms with Crippen LogP contribution in [0.4, 0.5) is 0 Å². The van der Waals surface area contributed by atoms with Crippen LogP contribution in [0.5, 0.6) is 0 Å². The molecule has 0 aliphatic carbocycles. The minimum absolute atomic E-state index is 0.178. The third-order valence-electron chi connectivity index (χ3n) is 6.34. The summed E-state index contributed by atoms with van der Waals surface area (Å²) in [6, 6.07) is 18.3. The van der Waals surface area contributed by atoms with Gasteiger partial charge in [-0.05, 0) is 30.0 Å². The molecule has 3 heterocycles. The second-order valence-corrected chi connectivity index (χ2v) is 10.9. The first-order chi connectivity index (χ1) is 18.7. The van der Waals surface area contributed by atoms with Crippen molar-refractivity contribution in [1.29, 1.82) is 0 Å². The van der Waals surface area contributed by atoms with Gasteiger partial charge in [0.1, 0.15) is 10.7 Å². The molecule has 0 radical (unpaired) electrons. The Kier molecular flexibility index (Phi) is 7.31. The molecule has 39 heavy (non-hydrogen) atoms. The van der Waals surface area contributed by atoms with Crippen LogP contribution >= 0.6 is 23.1 Å². The van der Waals surface area contributed by atoms with Crippen LogP contribution in [-0.4, -0.2) is 43.9 Å². The monoisotopic (exact) mass is 561 g/mol. The lowest BCUT2D eigenvalue weighted by Crippen LogP contribution is -2.42. The first kappa shape index (κ1) is 26.3. The number of rotatable bonds is 8. The predicted molar refractivity (Wildman–Crippen MR) is 147 cm³/mol. The number of benzene rings is 2. The number of carbonyl (C=O) groups excluding carboxylic acids is 4. The van der Waals surface area contributed by atoms with Crippen LogP contribution in [0.15, 0.2) is 70.6 Å². The number of hydrogen-bond donors (Lipinski definition) is 2. The minimum Gasteiger partial charge on any atom is -0.365 e. The van der Waals surface area contributed by atoms with Gasteiger partial charge < -0.3 is 5.73 Å². The maximum absolute atomic E-state index is 13.6. The summed E-state index contributed by atoms with van der Waals surface area (Å²) in [5.41, 5.74) is 9.60. The zero-order chi connectivity index (χ0) is 27.7. The summed E-state index contributed by atoms with van der Waals surface area (Å²) in [5, 5.41) is 1.27. The number of hydrazine groups is 1. The van der Waals surface area contributed by atoms with Gasteiger partial charge in [0.15, 0.2) is 5.16 Å². The lowest BCUT2D eigenvalue weighted by Gasteiger charge is -2.15. The van der Waals surface area contributed by atoms with Crippen LogP contribution < -0.4 is 16.7 Å². The molecule has 1 fully saturated rings. The summed E-state index contributed by atoms with van der Waals surface area (Å²) in [4.78, 5) is 69.1. The van der Waals surface area contributed by atoms with E-state index in [9.17, 15) is 24.0 Å². The zero-order valence-electron chi connectivity index (χ0n) is 20.7. The fraction of sp³-hybridized carbons (Fsp3) is 0.185. The van der Waals surface area contributed by atoms with E-state index in [1.54, 1.807) is 6.92 Å². The highest BCUT2D eigenvalue weighted by molar-refractivity contribution is 7.99. The number of hydrogen-bond acceptors (Lipinski definition) is 8. The van der Waals surface area contributed by atoms with Gasteiger partial charge >= 0.3 is 0 Å². The highest BCUT2D eigenvalue weighted by Crippen LogP contribution is 2.29. The van der Waals surface area contributed by atoms with Crippen molar-refractivity contribution >= 4 is 56.9 Å². The molecule has 0 bridgehead atoms. The summed E-state index contributed by atoms with van der Waals surface area (Å²) < 4.78 is 1.43. The summed E-state index contributed by atoms with van der Waals surface area (Å²) in [5.74, 6) is -3.73. The van der Waals surface area contributed by atoms with Gasteiger partial charge in [0, 0.05) is 0 Å². The SMILES string of the molecule is Cc1c(C(N)=O)sc2nc(SCC(=O)N3NC(=O)C(Cc4ccccc4)C3=O)n(Cc3ccccc3)c(=O)c12. The van der Waals surface area contributed by atoms with E-state index in [0.29, 0.717) is 15.8 Å². The standard InChI is InChI=1S/C27H23N5O5S2/c1-15-20-24(39-21(15)22(28)34)29-27(31(26(20)37)13-17-10-6-3-7-11-17)38-14-19(33)32-25(36)18(23(35)30-32)12-16-8-4-2-5-9-16/h2-11,18H,12-14H2,1H3,(H2,28,34)(H,30,35). The largest absolute Gasteiger partial charge is 0.365 e. The molecule has 2 aromatic carbocycles. The van der Waals surface area contributed by atoms with Crippen molar-refractivity contribution in [2.24, 2.45) is 11.7 Å². The fourth-order valence-electron chi connectivity index (χ4n) is 4.37. The summed E-state index contributed by atoms with van der Waals surface area (Å²) in [6.07, 6.45) is 0.178. The van der Waals surface area contributed by atoms with Crippen LogP contribution in [0.1, 0.15) is 26.4 Å². The number of aromatic nitrogens is 2. The van der Waals surface area contributed by atoms with E-state index >= 15 is 0 Å². The Morgan fingerprint density at radius 1 is 1.03 bits per heavy atom. The van der Waals surface area contributed by atoms with Crippen molar-refractivity contribution in [3.05, 3.63) is 92.6 Å². The highest BCUT2D eigenvalue weighted by atomic mass is 32.2. The van der Waals surface area contributed by atoms with E-state index in [4.69, 9.17) is 5.73 Å². The van der Waals surface area contributed by atoms with E-state index in [2.05, 4.69) is 10.4 Å². The van der Waals surface area contributed by atoms with E-state index in [1.807, 2.05) is 60.7 Å². The molecule has 198 valence electrons. The second kappa shape index (κ2) is 10.8. The Hall–Kier alpha value is -4.29. The number of thioether (sulfide) groups is 1. The summed E-state index contributed by atoms with van der Waals surface area (Å²) >= 11 is 1.99. The quantitative estimate of drug-likeness (QED) is 0.191. The van der Waals surface area contributed by atoms with Crippen molar-refractivity contribution in [3.8, 4) is 0 Å². The number of nitrogens with zero attached hydrogens (tertiary/aromatic N) is 3. The molecule has 0 saturated carbocycles. The van der Waals surface area contributed by atoms with Gasteiger partial charge in [0.25, 0.3) is 29.2 Å². The number of carbonyl (C=O) groups is 4. The molecule has 4 amide bonds. The van der Waals surface area contributed by atoms with E-state index in [1.165, 1.54) is 4.57 Å². The predicted octanol–water partition coefficient (Wildman–Crippen LogP) is 2.26. The lowest BCUT2D eigenvalue weighted by molar-refractivity contribution is -0.144. The molecule has 1 atom stereocenters. The number of thiophene rings is 1. The van der Waals surface area contributed by atoms with Gasteiger partial charge in [-0.2, -0.15) is 5.01 Å². The van der Waals surface area contributed by atoms with Gasteiger partial charge in [-0.15, -0.1) is 11.3 Å². The van der Waals surface area contributed by atoms with Crippen LogP contribution in [0.3, 0.4) is 0 Å². The highest BCUT2D eigenvalue weighted by Gasteiger charge is 2.42. The van der Waals surface area contributed by atoms with Crippen LogP contribution in [0.2, 0.25) is 0 Å². The third kappa shape index (κ3) is 5.20. The molecule has 12 heteroatoms. The smallest absolute Gasteiger partial charge is 0.263 e. The average molecular weight is 562 g/mol. The second-order valence-electron chi connectivity index (χ2n) is 8.95. The molecular formula is C27H23N5O5S2. The zero-order valence-corrected chi connectivity index (χ0v) is 22.4. The van der Waals surface area contributed by atoms with E-state index < -0.39 is 29.5 Å². The molecule has 1 saturated heterocycles. The maximum atomic E-state index is 13.6. The Balaban J connectivity index is 1.41. The molecule has 1 aliphatic heterocycles. The van der Waals surface area contributed by atoms with Gasteiger partial charge in [-0.3, -0.25) is 34.0 Å². The fourth-order valence-corrected chi connectivity index (χ4v) is 6.29. The first-order valence-electron chi connectivity index (χ1n) is 12.0. The maximum Gasteiger partial charge on any atom is 0.263 e. The molecule has 1 aliphatic rings. The van der Waals surface area contributed by atoms with E-state index in [0.717, 1.165) is 39.2 Å². The van der Waals surface area contributed by atoms with Crippen LogP contribution in [-0.2, 0) is 27.3 Å². The Morgan fingerprint density at radius 2 is 1.67 bits per heavy atom. The summed E-state index contributed by atoms with van der Waals surface area (Å²) in [7, 11) is 0. The van der Waals surface area contributed by atoms with Crippen molar-refractivity contribution < 1.29 is 19.2 Å². The molecule has 2 aromatic heterocycles. The van der Waals surface area contributed by atoms with Crippen molar-refractivity contribution in [2.45, 2.75) is 25.0 Å². The molecule has 5 rings (SSSR count). The van der Waals surface area contributed by atoms with Gasteiger partial charge in [-0.1, -0.05) is 72.4 Å². The topological polar surface area (TPSA) is 144 Å². The number of fused-ring (bicyclic) bond motifs is 1. The number of primary amides is 1. The molecule has 1 unspecified atom stereocenters. The minimum atomic E-state index is -1.01. The number of amides is 4. The van der Waals surface area contributed by atoms with Gasteiger partial charge in [0.2, 0.25) is 0 Å². The Labute approximate surface area is 230 Å². The van der Waals surface area contributed by atoms with Gasteiger partial charge in [0.05, 0.1) is 22.6 Å². The number of nitrogens with one attached hydrogen (secondary N) is 1. The summed E-state index contributed by atoms with van der Waals surface area (Å²) in [6.45, 7) is 1.83. The first-order valence-corrected chi connectivity index (χ1v) is 13.8. The van der Waals surface area contributed by atoms with Gasteiger partial charge in [-0.25, -0.2) is 4.98 Å². The number of aryl methyl sites for hydroxylation is 1. The molecule has 4 aromatic rings. The van der Waals surface area contributed by atoms with Crippen molar-refractivity contribution in [3.63, 3.8) is 0 Å². The lowest BCUT2D eigenvalue weighted by atomic mass is 9.99. The van der Waals surface area contributed by atoms with E-state index in [-0.39, 0.29) is 34.3 Å². The van der Waals surface area contributed by atoms with Crippen molar-refractivity contribution in [2.75, 3.05) is 5.75 Å². The molecule has 0 spiro atoms. The molecule has 10 nitrogen and oxygen atoms in total.